The van der Waals surface area contributed by atoms with E-state index in [1.54, 1.807) is 18.2 Å². The molecule has 0 atom stereocenters. The number of para-hydroxylation sites is 1. The first-order valence-corrected chi connectivity index (χ1v) is 7.66. The van der Waals surface area contributed by atoms with E-state index in [1.165, 1.54) is 6.07 Å². The number of likely N-dealkylation sites (N-methyl/N-ethyl adjacent to an activating group) is 1. The van der Waals surface area contributed by atoms with E-state index in [1.807, 2.05) is 0 Å². The van der Waals surface area contributed by atoms with Crippen LogP contribution in [0.1, 0.15) is 19.8 Å². The molecule has 2 rings (SSSR count). The van der Waals surface area contributed by atoms with Gasteiger partial charge in [-0.1, -0.05) is 19.1 Å². The van der Waals surface area contributed by atoms with Gasteiger partial charge in [-0.3, -0.25) is 9.69 Å². The van der Waals surface area contributed by atoms with Crippen molar-refractivity contribution in [1.29, 1.82) is 0 Å². The van der Waals surface area contributed by atoms with Gasteiger partial charge in [-0.15, -0.1) is 0 Å². The van der Waals surface area contributed by atoms with Crippen LogP contribution in [0.2, 0.25) is 0 Å². The van der Waals surface area contributed by atoms with Crippen LogP contribution in [0.3, 0.4) is 0 Å². The second-order valence-corrected chi connectivity index (χ2v) is 5.55. The Kier molecular flexibility index (Phi) is 6.14. The van der Waals surface area contributed by atoms with Crippen molar-refractivity contribution in [3.8, 4) is 0 Å². The Bertz CT molecular complexity index is 461. The van der Waals surface area contributed by atoms with Gasteiger partial charge in [0.05, 0.1) is 12.2 Å². The van der Waals surface area contributed by atoms with Gasteiger partial charge in [-0.05, 0) is 50.5 Å². The van der Waals surface area contributed by atoms with E-state index >= 15 is 0 Å². The fourth-order valence-corrected chi connectivity index (χ4v) is 2.69. The lowest BCUT2D eigenvalue weighted by Gasteiger charge is -2.28. The molecule has 0 aliphatic carbocycles. The molecule has 1 heterocycles. The summed E-state index contributed by atoms with van der Waals surface area (Å²) in [7, 11) is 0. The third kappa shape index (κ3) is 5.10. The highest BCUT2D eigenvalue weighted by Crippen LogP contribution is 2.14. The molecular weight excluding hydrogens is 269 g/mol. The fourth-order valence-electron chi connectivity index (χ4n) is 2.69. The molecule has 116 valence electrons. The maximum absolute atomic E-state index is 13.5. The van der Waals surface area contributed by atoms with Gasteiger partial charge < -0.3 is 10.6 Å². The van der Waals surface area contributed by atoms with Gasteiger partial charge in [-0.2, -0.15) is 0 Å². The third-order valence-corrected chi connectivity index (χ3v) is 3.94. The first-order chi connectivity index (χ1) is 10.2. The molecule has 0 spiro atoms. The summed E-state index contributed by atoms with van der Waals surface area (Å²) in [6, 6.07) is 6.25. The first-order valence-electron chi connectivity index (χ1n) is 7.66. The van der Waals surface area contributed by atoms with Crippen LogP contribution in [-0.2, 0) is 4.79 Å². The molecule has 21 heavy (non-hydrogen) atoms. The minimum atomic E-state index is -0.396. The van der Waals surface area contributed by atoms with Crippen molar-refractivity contribution in [1.82, 2.24) is 10.2 Å². The Morgan fingerprint density at radius 3 is 2.76 bits per heavy atom. The second kappa shape index (κ2) is 8.10. The summed E-state index contributed by atoms with van der Waals surface area (Å²) in [5, 5.41) is 5.99. The smallest absolute Gasteiger partial charge is 0.238 e. The monoisotopic (exact) mass is 293 g/mol. The summed E-state index contributed by atoms with van der Waals surface area (Å²) in [5.74, 6) is 0.0931. The summed E-state index contributed by atoms with van der Waals surface area (Å²) in [6.45, 7) is 6.25. The van der Waals surface area contributed by atoms with Crippen molar-refractivity contribution in [3.63, 3.8) is 0 Å². The average Bonchev–Trinajstić information content (AvgIpc) is 2.50. The zero-order valence-corrected chi connectivity index (χ0v) is 12.6. The van der Waals surface area contributed by atoms with Crippen molar-refractivity contribution < 1.29 is 9.18 Å². The van der Waals surface area contributed by atoms with Gasteiger partial charge in [0.25, 0.3) is 0 Å². The lowest BCUT2D eigenvalue weighted by Crippen LogP contribution is -2.39. The second-order valence-electron chi connectivity index (χ2n) is 5.55. The van der Waals surface area contributed by atoms with Crippen molar-refractivity contribution in [2.24, 2.45) is 5.92 Å². The minimum Gasteiger partial charge on any atom is -0.322 e. The number of nitrogens with one attached hydrogen (secondary N) is 2. The number of hydrogen-bond acceptors (Lipinski definition) is 3. The topological polar surface area (TPSA) is 44.4 Å². The largest absolute Gasteiger partial charge is 0.322 e. The third-order valence-electron chi connectivity index (χ3n) is 3.94. The lowest BCUT2D eigenvalue weighted by atomic mass is 9.97. The maximum atomic E-state index is 13.5. The van der Waals surface area contributed by atoms with Gasteiger partial charge in [0.2, 0.25) is 5.91 Å². The number of nitrogens with zero attached hydrogens (tertiary/aromatic N) is 1. The average molecular weight is 293 g/mol. The number of rotatable bonds is 6. The molecule has 5 heteroatoms. The number of carbonyl (C=O) groups excluding carboxylic acids is 1. The molecule has 1 aromatic rings. The molecule has 0 aromatic heterocycles. The van der Waals surface area contributed by atoms with Crippen LogP contribution in [-0.4, -0.2) is 43.5 Å². The van der Waals surface area contributed by atoms with Gasteiger partial charge in [0, 0.05) is 6.54 Å². The molecule has 1 aromatic carbocycles. The van der Waals surface area contributed by atoms with Crippen LogP contribution in [0.4, 0.5) is 10.1 Å². The standard InChI is InChI=1S/C16H24FN3O/c1-2-20(11-13-7-9-18-10-8-13)12-16(21)19-15-6-4-3-5-14(15)17/h3-6,13,18H,2,7-12H2,1H3,(H,19,21). The molecule has 1 saturated heterocycles. The zero-order valence-electron chi connectivity index (χ0n) is 12.6. The number of hydrogen-bond donors (Lipinski definition) is 2. The number of carbonyl (C=O) groups is 1. The van der Waals surface area contributed by atoms with E-state index in [0.29, 0.717) is 12.5 Å². The van der Waals surface area contributed by atoms with Crippen molar-refractivity contribution in [2.75, 3.05) is 38.0 Å². The zero-order chi connectivity index (χ0) is 15.1. The number of halogens is 1. The first kappa shape index (κ1) is 15.9. The molecule has 0 unspecified atom stereocenters. The van der Waals surface area contributed by atoms with Gasteiger partial charge in [0.15, 0.2) is 0 Å². The Morgan fingerprint density at radius 1 is 1.38 bits per heavy atom. The number of piperidine rings is 1. The predicted molar refractivity (Wildman–Crippen MR) is 82.7 cm³/mol. The highest BCUT2D eigenvalue weighted by molar-refractivity contribution is 5.92. The van der Waals surface area contributed by atoms with E-state index in [9.17, 15) is 9.18 Å². The lowest BCUT2D eigenvalue weighted by molar-refractivity contribution is -0.117. The van der Waals surface area contributed by atoms with Crippen LogP contribution in [0.15, 0.2) is 24.3 Å². The Labute approximate surface area is 125 Å². The van der Waals surface area contributed by atoms with Crippen molar-refractivity contribution in [3.05, 3.63) is 30.1 Å². The molecule has 0 bridgehead atoms. The van der Waals surface area contributed by atoms with Crippen LogP contribution < -0.4 is 10.6 Å². The van der Waals surface area contributed by atoms with Gasteiger partial charge in [-0.25, -0.2) is 4.39 Å². The number of anilines is 1. The quantitative estimate of drug-likeness (QED) is 0.844. The molecule has 1 aliphatic rings. The summed E-state index contributed by atoms with van der Waals surface area (Å²) in [4.78, 5) is 14.2. The van der Waals surface area contributed by atoms with E-state index < -0.39 is 5.82 Å². The SMILES string of the molecule is CCN(CC(=O)Nc1ccccc1F)CC1CCNCC1. The number of amides is 1. The van der Waals surface area contributed by atoms with E-state index in [-0.39, 0.29) is 11.6 Å². The Hall–Kier alpha value is -1.46. The van der Waals surface area contributed by atoms with Crippen LogP contribution >= 0.6 is 0 Å². The highest BCUT2D eigenvalue weighted by atomic mass is 19.1. The molecule has 0 saturated carbocycles. The molecule has 1 fully saturated rings. The summed E-state index contributed by atoms with van der Waals surface area (Å²) < 4.78 is 13.5. The maximum Gasteiger partial charge on any atom is 0.238 e. The summed E-state index contributed by atoms with van der Waals surface area (Å²) in [6.07, 6.45) is 2.32. The van der Waals surface area contributed by atoms with Gasteiger partial charge >= 0.3 is 0 Å². The minimum absolute atomic E-state index is 0.157. The number of benzene rings is 1. The molecule has 0 radical (unpaired) electrons. The molecule has 1 aliphatic heterocycles. The van der Waals surface area contributed by atoms with Crippen molar-refractivity contribution >= 4 is 11.6 Å². The summed E-state index contributed by atoms with van der Waals surface area (Å²) in [5.41, 5.74) is 0.250. The van der Waals surface area contributed by atoms with Crippen molar-refractivity contribution in [2.45, 2.75) is 19.8 Å². The predicted octanol–water partition coefficient (Wildman–Crippen LogP) is 2.09. The molecule has 2 N–H and O–H groups in total. The van der Waals surface area contributed by atoms with Crippen LogP contribution in [0.5, 0.6) is 0 Å². The normalized spacial score (nSPS) is 16.1. The van der Waals surface area contributed by atoms with E-state index in [4.69, 9.17) is 0 Å². The fraction of sp³-hybridized carbons (Fsp3) is 0.562. The van der Waals surface area contributed by atoms with Crippen LogP contribution in [0.25, 0.3) is 0 Å². The van der Waals surface area contributed by atoms with Gasteiger partial charge in [0.1, 0.15) is 5.82 Å². The Balaban J connectivity index is 1.83. The highest BCUT2D eigenvalue weighted by Gasteiger charge is 2.18. The molecule has 4 nitrogen and oxygen atoms in total. The van der Waals surface area contributed by atoms with E-state index in [0.717, 1.165) is 39.0 Å². The molecular formula is C16H24FN3O. The Morgan fingerprint density at radius 2 is 2.10 bits per heavy atom. The van der Waals surface area contributed by atoms with Crippen LogP contribution in [0, 0.1) is 11.7 Å². The van der Waals surface area contributed by atoms with E-state index in [2.05, 4.69) is 22.5 Å². The molecule has 1 amide bonds. The summed E-state index contributed by atoms with van der Waals surface area (Å²) >= 11 is 0.